The molecule has 0 fully saturated rings. The van der Waals surface area contributed by atoms with Crippen LogP contribution < -0.4 is 0 Å². The van der Waals surface area contributed by atoms with Gasteiger partial charge in [0.05, 0.1) is 5.75 Å². The number of rotatable bonds is 5. The first-order valence-electron chi connectivity index (χ1n) is 4.44. The van der Waals surface area contributed by atoms with Gasteiger partial charge in [0.25, 0.3) is 0 Å². The van der Waals surface area contributed by atoms with E-state index in [0.29, 0.717) is 6.42 Å². The monoisotopic (exact) mass is 232 g/mol. The summed E-state index contributed by atoms with van der Waals surface area (Å²) in [7, 11) is -3.02. The Labute approximate surface area is 89.8 Å². The largest absolute Gasteiger partial charge is 0.228 e. The smallest absolute Gasteiger partial charge is 0.164 e. The minimum atomic E-state index is -3.02. The van der Waals surface area contributed by atoms with E-state index in [1.165, 1.54) is 0 Å². The number of aryl methyl sites for hydroxylation is 1. The van der Waals surface area contributed by atoms with Crippen LogP contribution >= 0.6 is 11.6 Å². The van der Waals surface area contributed by atoms with Gasteiger partial charge in [-0.25, -0.2) is 8.42 Å². The van der Waals surface area contributed by atoms with Crippen LogP contribution in [0.2, 0.25) is 0 Å². The highest BCUT2D eigenvalue weighted by Crippen LogP contribution is 2.05. The molecule has 0 unspecified atom stereocenters. The summed E-state index contributed by atoms with van der Waals surface area (Å²) in [6.07, 6.45) is 1.43. The lowest BCUT2D eigenvalue weighted by atomic mass is 10.1. The van der Waals surface area contributed by atoms with Crippen LogP contribution in [-0.4, -0.2) is 19.4 Å². The molecule has 0 saturated heterocycles. The van der Waals surface area contributed by atoms with Crippen molar-refractivity contribution in [2.24, 2.45) is 0 Å². The third-order valence-corrected chi connectivity index (χ3v) is 4.17. The topological polar surface area (TPSA) is 34.1 Å². The molecule has 0 amide bonds. The van der Waals surface area contributed by atoms with Crippen LogP contribution in [0.25, 0.3) is 0 Å². The van der Waals surface area contributed by atoms with E-state index >= 15 is 0 Å². The Morgan fingerprint density at radius 1 is 1.14 bits per heavy atom. The lowest BCUT2D eigenvalue weighted by Gasteiger charge is -2.00. The Morgan fingerprint density at radius 2 is 1.79 bits per heavy atom. The van der Waals surface area contributed by atoms with Crippen LogP contribution in [-0.2, 0) is 16.3 Å². The summed E-state index contributed by atoms with van der Waals surface area (Å²) in [4.78, 5) is 0. The van der Waals surface area contributed by atoms with Gasteiger partial charge in [0.2, 0.25) is 0 Å². The maximum Gasteiger partial charge on any atom is 0.164 e. The van der Waals surface area contributed by atoms with Gasteiger partial charge in [0.15, 0.2) is 9.84 Å². The van der Waals surface area contributed by atoms with Gasteiger partial charge < -0.3 is 0 Å². The quantitative estimate of drug-likeness (QED) is 0.730. The normalized spacial score (nSPS) is 11.5. The number of sulfone groups is 1. The third kappa shape index (κ3) is 4.11. The molecule has 0 aliphatic carbocycles. The van der Waals surface area contributed by atoms with E-state index in [-0.39, 0.29) is 11.0 Å². The minimum absolute atomic E-state index is 0.172. The summed E-state index contributed by atoms with van der Waals surface area (Å²) in [6.45, 7) is 0. The average Bonchev–Trinajstić information content (AvgIpc) is 2.19. The molecule has 0 aliphatic heterocycles. The highest BCUT2D eigenvalue weighted by atomic mass is 35.5. The van der Waals surface area contributed by atoms with Gasteiger partial charge in [0.1, 0.15) is 5.21 Å². The maximum absolute atomic E-state index is 11.1. The van der Waals surface area contributed by atoms with Crippen molar-refractivity contribution >= 4 is 21.4 Å². The second-order valence-corrected chi connectivity index (χ2v) is 5.91. The fourth-order valence-electron chi connectivity index (χ4n) is 1.20. The molecule has 14 heavy (non-hydrogen) atoms. The molecule has 1 aromatic carbocycles. The Morgan fingerprint density at radius 3 is 2.36 bits per heavy atom. The molecule has 0 heterocycles. The molecule has 0 radical (unpaired) electrons. The molecule has 2 nitrogen and oxygen atoms in total. The van der Waals surface area contributed by atoms with Crippen molar-refractivity contribution in [1.29, 1.82) is 0 Å². The molecule has 4 heteroatoms. The Kier molecular flexibility index (Phi) is 4.42. The molecule has 1 rings (SSSR count). The van der Waals surface area contributed by atoms with Crippen molar-refractivity contribution in [3.05, 3.63) is 35.9 Å². The Bertz CT molecular complexity index is 359. The zero-order valence-corrected chi connectivity index (χ0v) is 9.39. The minimum Gasteiger partial charge on any atom is -0.228 e. The van der Waals surface area contributed by atoms with Crippen molar-refractivity contribution in [3.63, 3.8) is 0 Å². The van der Waals surface area contributed by atoms with E-state index in [2.05, 4.69) is 0 Å². The molecule has 78 valence electrons. The number of halogens is 1. The molecule has 0 saturated carbocycles. The van der Waals surface area contributed by atoms with Crippen molar-refractivity contribution in [2.45, 2.75) is 12.8 Å². The summed E-state index contributed by atoms with van der Waals surface area (Å²) in [6, 6.07) is 9.83. The second-order valence-electron chi connectivity index (χ2n) is 3.15. The molecule has 1 aromatic rings. The lowest BCUT2D eigenvalue weighted by Crippen LogP contribution is -2.07. The highest BCUT2D eigenvalue weighted by molar-refractivity contribution is 7.92. The number of hydrogen-bond donors (Lipinski definition) is 0. The molecule has 0 bridgehead atoms. The lowest BCUT2D eigenvalue weighted by molar-refractivity contribution is 0.597. The summed E-state index contributed by atoms with van der Waals surface area (Å²) < 4.78 is 22.1. The number of hydrogen-bond acceptors (Lipinski definition) is 2. The maximum atomic E-state index is 11.1. The van der Waals surface area contributed by atoms with Gasteiger partial charge in [-0.3, -0.25) is 0 Å². The molecule has 0 spiro atoms. The van der Waals surface area contributed by atoms with Crippen molar-refractivity contribution in [2.75, 3.05) is 11.0 Å². The van der Waals surface area contributed by atoms with Gasteiger partial charge in [-0.05, 0) is 18.4 Å². The van der Waals surface area contributed by atoms with E-state index in [9.17, 15) is 8.42 Å². The van der Waals surface area contributed by atoms with E-state index in [1.807, 2.05) is 30.3 Å². The van der Waals surface area contributed by atoms with Gasteiger partial charge in [-0.15, -0.1) is 11.6 Å². The van der Waals surface area contributed by atoms with E-state index in [1.54, 1.807) is 0 Å². The van der Waals surface area contributed by atoms with Crippen molar-refractivity contribution in [1.82, 2.24) is 0 Å². The van der Waals surface area contributed by atoms with Gasteiger partial charge in [0, 0.05) is 0 Å². The van der Waals surface area contributed by atoms with Crippen LogP contribution in [0.15, 0.2) is 30.3 Å². The zero-order valence-electron chi connectivity index (χ0n) is 7.82. The van der Waals surface area contributed by atoms with E-state index in [4.69, 9.17) is 11.6 Å². The summed E-state index contributed by atoms with van der Waals surface area (Å²) in [5.41, 5.74) is 1.16. The van der Waals surface area contributed by atoms with Crippen LogP contribution in [0.4, 0.5) is 0 Å². The SMILES string of the molecule is O=S(=O)(CCl)CCCc1ccccc1. The molecular weight excluding hydrogens is 220 g/mol. The average molecular weight is 233 g/mol. The number of alkyl halides is 1. The first kappa shape index (κ1) is 11.5. The fraction of sp³-hybridized carbons (Fsp3) is 0.400. The third-order valence-electron chi connectivity index (χ3n) is 1.93. The van der Waals surface area contributed by atoms with Crippen LogP contribution in [0.5, 0.6) is 0 Å². The van der Waals surface area contributed by atoms with Gasteiger partial charge in [-0.1, -0.05) is 30.3 Å². The van der Waals surface area contributed by atoms with Crippen molar-refractivity contribution < 1.29 is 8.42 Å². The summed E-state index contributed by atoms with van der Waals surface area (Å²) >= 11 is 5.29. The molecular formula is C10H13ClO2S. The van der Waals surface area contributed by atoms with E-state index in [0.717, 1.165) is 12.0 Å². The van der Waals surface area contributed by atoms with Crippen LogP contribution in [0, 0.1) is 0 Å². The number of benzene rings is 1. The molecule has 0 atom stereocenters. The molecule has 0 aromatic heterocycles. The second kappa shape index (κ2) is 5.37. The van der Waals surface area contributed by atoms with Gasteiger partial charge in [-0.2, -0.15) is 0 Å². The molecule has 0 N–H and O–H groups in total. The van der Waals surface area contributed by atoms with Crippen molar-refractivity contribution in [3.8, 4) is 0 Å². The zero-order chi connectivity index (χ0) is 10.4. The standard InChI is InChI=1S/C10H13ClO2S/c11-9-14(12,13)8-4-7-10-5-2-1-3-6-10/h1-3,5-6H,4,7-9H2. The Balaban J connectivity index is 2.37. The fourth-order valence-corrected chi connectivity index (χ4v) is 2.22. The first-order valence-corrected chi connectivity index (χ1v) is 6.80. The first-order chi connectivity index (χ1) is 6.64. The van der Waals surface area contributed by atoms with Gasteiger partial charge >= 0.3 is 0 Å². The summed E-state index contributed by atoms with van der Waals surface area (Å²) in [5, 5.41) is -0.276. The van der Waals surface area contributed by atoms with Crippen LogP contribution in [0.1, 0.15) is 12.0 Å². The predicted octanol–water partition coefficient (Wildman–Crippen LogP) is 2.23. The van der Waals surface area contributed by atoms with E-state index < -0.39 is 9.84 Å². The van der Waals surface area contributed by atoms with Crippen LogP contribution in [0.3, 0.4) is 0 Å². The highest BCUT2D eigenvalue weighted by Gasteiger charge is 2.07. The Hall–Kier alpha value is -0.540. The molecule has 0 aliphatic rings. The predicted molar refractivity (Wildman–Crippen MR) is 59.3 cm³/mol. The summed E-state index contributed by atoms with van der Waals surface area (Å²) in [5.74, 6) is 0.172.